The van der Waals surface area contributed by atoms with Gasteiger partial charge in [-0.15, -0.1) is 16.4 Å². The number of amides is 1. The summed E-state index contributed by atoms with van der Waals surface area (Å²) in [4.78, 5) is 17.6. The fourth-order valence-corrected chi connectivity index (χ4v) is 4.09. The Bertz CT molecular complexity index is 1180. The average molecular weight is 471 g/mol. The van der Waals surface area contributed by atoms with Crippen molar-refractivity contribution in [2.75, 3.05) is 5.32 Å². The Morgan fingerprint density at radius 3 is 2.69 bits per heavy atom. The molecule has 29 heavy (non-hydrogen) atoms. The maximum absolute atomic E-state index is 12.5. The average Bonchev–Trinajstić information content (AvgIpc) is 3.24. The summed E-state index contributed by atoms with van der Waals surface area (Å²) in [6.07, 6.45) is -0.684. The number of carbonyl (C=O) groups is 1. The predicted octanol–water partition coefficient (Wildman–Crippen LogP) is 5.24. The second kappa shape index (κ2) is 7.96. The van der Waals surface area contributed by atoms with Gasteiger partial charge in [-0.3, -0.25) is 10.1 Å². The highest BCUT2D eigenvalue weighted by atomic mass is 79.9. The van der Waals surface area contributed by atoms with Gasteiger partial charge in [-0.2, -0.15) is 4.98 Å². The first-order valence-electron chi connectivity index (χ1n) is 9.05. The number of thiazole rings is 1. The number of aromatic nitrogens is 3. The quantitative estimate of drug-likeness (QED) is 0.432. The molecule has 1 N–H and O–H groups in total. The molecular weight excluding hydrogens is 452 g/mol. The number of aryl methyl sites for hydroxylation is 2. The molecule has 6 nitrogen and oxygen atoms in total. The first-order chi connectivity index (χ1) is 13.9. The highest BCUT2D eigenvalue weighted by molar-refractivity contribution is 9.10. The fourth-order valence-electron chi connectivity index (χ4n) is 3.00. The molecule has 0 fully saturated rings. The van der Waals surface area contributed by atoms with E-state index >= 15 is 0 Å². The molecule has 2 aromatic carbocycles. The van der Waals surface area contributed by atoms with Gasteiger partial charge in [0, 0.05) is 15.4 Å². The molecule has 0 spiro atoms. The fraction of sp³-hybridized carbons (Fsp3) is 0.190. The topological polar surface area (TPSA) is 68.5 Å². The van der Waals surface area contributed by atoms with Gasteiger partial charge in [0.2, 0.25) is 4.96 Å². The van der Waals surface area contributed by atoms with E-state index in [0.717, 1.165) is 20.7 Å². The van der Waals surface area contributed by atoms with Crippen molar-refractivity contribution in [3.05, 3.63) is 63.4 Å². The van der Waals surface area contributed by atoms with Crippen LogP contribution in [-0.4, -0.2) is 26.6 Å². The van der Waals surface area contributed by atoms with Crippen molar-refractivity contribution in [2.24, 2.45) is 0 Å². The molecule has 1 unspecified atom stereocenters. The van der Waals surface area contributed by atoms with Crippen LogP contribution in [0.5, 0.6) is 5.75 Å². The third-order valence-corrected chi connectivity index (χ3v) is 5.82. The summed E-state index contributed by atoms with van der Waals surface area (Å²) in [7, 11) is 0. The minimum atomic E-state index is -0.684. The summed E-state index contributed by atoms with van der Waals surface area (Å²) in [6.45, 7) is 5.84. The van der Waals surface area contributed by atoms with Crippen molar-refractivity contribution in [3.8, 4) is 17.0 Å². The molecule has 0 aliphatic carbocycles. The molecule has 4 aromatic rings. The van der Waals surface area contributed by atoms with E-state index in [1.165, 1.54) is 22.5 Å². The molecule has 4 rings (SSSR count). The number of anilines is 1. The number of hydrogen-bond acceptors (Lipinski definition) is 5. The van der Waals surface area contributed by atoms with E-state index in [1.54, 1.807) is 23.6 Å². The Kier molecular flexibility index (Phi) is 5.38. The van der Waals surface area contributed by atoms with Crippen LogP contribution < -0.4 is 10.1 Å². The standard InChI is InChI=1S/C21H19BrN4O2S/c1-12-4-9-17(13(2)10-12)18-11-29-21-24-20(25-26(18)21)23-19(27)14(3)28-16-7-5-15(22)6-8-16/h4-11,14H,1-3H3,(H,23,25,27). The van der Waals surface area contributed by atoms with Crippen LogP contribution in [0, 0.1) is 13.8 Å². The summed E-state index contributed by atoms with van der Waals surface area (Å²) in [5.41, 5.74) is 4.43. The number of benzene rings is 2. The van der Waals surface area contributed by atoms with Gasteiger partial charge in [-0.05, 0) is 50.6 Å². The molecule has 2 aromatic heterocycles. The van der Waals surface area contributed by atoms with Gasteiger partial charge in [-0.1, -0.05) is 39.7 Å². The van der Waals surface area contributed by atoms with Gasteiger partial charge in [0.15, 0.2) is 6.10 Å². The monoisotopic (exact) mass is 470 g/mol. The van der Waals surface area contributed by atoms with E-state index < -0.39 is 6.10 Å². The third-order valence-electron chi connectivity index (χ3n) is 4.47. The van der Waals surface area contributed by atoms with E-state index in [2.05, 4.69) is 63.4 Å². The molecule has 0 aliphatic heterocycles. The molecule has 0 saturated carbocycles. The van der Waals surface area contributed by atoms with E-state index in [9.17, 15) is 4.79 Å². The highest BCUT2D eigenvalue weighted by Gasteiger charge is 2.19. The summed E-state index contributed by atoms with van der Waals surface area (Å²) < 4.78 is 8.40. The predicted molar refractivity (Wildman–Crippen MR) is 119 cm³/mol. The molecule has 0 bridgehead atoms. The molecule has 0 radical (unpaired) electrons. The molecule has 0 saturated heterocycles. The summed E-state index contributed by atoms with van der Waals surface area (Å²) in [5, 5.41) is 9.24. The maximum atomic E-state index is 12.5. The van der Waals surface area contributed by atoms with Crippen LogP contribution in [0.25, 0.3) is 16.2 Å². The molecule has 148 valence electrons. The lowest BCUT2D eigenvalue weighted by Crippen LogP contribution is -2.30. The number of ether oxygens (including phenoxy) is 1. The van der Waals surface area contributed by atoms with Crippen LogP contribution in [0.15, 0.2) is 52.3 Å². The minimum Gasteiger partial charge on any atom is -0.481 e. The number of halogens is 1. The van der Waals surface area contributed by atoms with Crippen LogP contribution in [0.4, 0.5) is 5.95 Å². The largest absolute Gasteiger partial charge is 0.481 e. The number of rotatable bonds is 5. The zero-order valence-corrected chi connectivity index (χ0v) is 18.5. The van der Waals surface area contributed by atoms with Crippen molar-refractivity contribution in [2.45, 2.75) is 26.9 Å². The summed E-state index contributed by atoms with van der Waals surface area (Å²) >= 11 is 4.86. The number of nitrogens with one attached hydrogen (secondary N) is 1. The first-order valence-corrected chi connectivity index (χ1v) is 10.7. The smallest absolute Gasteiger partial charge is 0.267 e. The van der Waals surface area contributed by atoms with Gasteiger partial charge in [0.25, 0.3) is 11.9 Å². The van der Waals surface area contributed by atoms with E-state index in [-0.39, 0.29) is 11.9 Å². The summed E-state index contributed by atoms with van der Waals surface area (Å²) in [5.74, 6) is 0.574. The first kappa shape index (κ1) is 19.6. The van der Waals surface area contributed by atoms with Gasteiger partial charge < -0.3 is 4.74 Å². The molecule has 2 heterocycles. The van der Waals surface area contributed by atoms with E-state index in [0.29, 0.717) is 5.75 Å². The molecule has 0 aliphatic rings. The van der Waals surface area contributed by atoms with Gasteiger partial charge in [0.05, 0.1) is 5.69 Å². The van der Waals surface area contributed by atoms with E-state index in [1.807, 2.05) is 17.5 Å². The van der Waals surface area contributed by atoms with Crippen molar-refractivity contribution >= 4 is 44.1 Å². The molecule has 1 atom stereocenters. The molecule has 1 amide bonds. The van der Waals surface area contributed by atoms with Gasteiger partial charge in [0.1, 0.15) is 5.75 Å². The Morgan fingerprint density at radius 2 is 1.97 bits per heavy atom. The van der Waals surface area contributed by atoms with Gasteiger partial charge in [-0.25, -0.2) is 4.52 Å². The van der Waals surface area contributed by atoms with Crippen LogP contribution in [0.1, 0.15) is 18.1 Å². The Hall–Kier alpha value is -2.71. The van der Waals surface area contributed by atoms with Crippen molar-refractivity contribution in [3.63, 3.8) is 0 Å². The number of fused-ring (bicyclic) bond motifs is 1. The highest BCUT2D eigenvalue weighted by Crippen LogP contribution is 2.29. The number of nitrogens with zero attached hydrogens (tertiary/aromatic N) is 3. The van der Waals surface area contributed by atoms with E-state index in [4.69, 9.17) is 4.74 Å². The lowest BCUT2D eigenvalue weighted by atomic mass is 10.0. The van der Waals surface area contributed by atoms with Crippen molar-refractivity contribution < 1.29 is 9.53 Å². The van der Waals surface area contributed by atoms with Crippen LogP contribution >= 0.6 is 27.3 Å². The lowest BCUT2D eigenvalue weighted by Gasteiger charge is -2.13. The minimum absolute atomic E-state index is 0.263. The number of hydrogen-bond donors (Lipinski definition) is 1. The van der Waals surface area contributed by atoms with Crippen LogP contribution in [0.3, 0.4) is 0 Å². The maximum Gasteiger partial charge on any atom is 0.267 e. The van der Waals surface area contributed by atoms with Gasteiger partial charge >= 0.3 is 0 Å². The Labute approximate surface area is 180 Å². The Balaban J connectivity index is 1.52. The zero-order valence-electron chi connectivity index (χ0n) is 16.1. The molecular formula is C21H19BrN4O2S. The van der Waals surface area contributed by atoms with Crippen molar-refractivity contribution in [1.82, 2.24) is 14.6 Å². The zero-order chi connectivity index (χ0) is 20.5. The lowest BCUT2D eigenvalue weighted by molar-refractivity contribution is -0.122. The molecule has 8 heteroatoms. The SMILES string of the molecule is Cc1ccc(-c2csc3nc(NC(=O)C(C)Oc4ccc(Br)cc4)nn23)c(C)c1. The third kappa shape index (κ3) is 4.18. The van der Waals surface area contributed by atoms with Crippen molar-refractivity contribution in [1.29, 1.82) is 0 Å². The van der Waals surface area contributed by atoms with Crippen LogP contribution in [-0.2, 0) is 4.79 Å². The Morgan fingerprint density at radius 1 is 1.21 bits per heavy atom. The second-order valence-corrected chi connectivity index (χ2v) is 8.52. The second-order valence-electron chi connectivity index (χ2n) is 6.77. The van der Waals surface area contributed by atoms with Crippen LogP contribution in [0.2, 0.25) is 0 Å². The summed E-state index contributed by atoms with van der Waals surface area (Å²) in [6, 6.07) is 13.6. The normalized spacial score (nSPS) is 12.1. The number of carbonyl (C=O) groups excluding carboxylic acids is 1.